The van der Waals surface area contributed by atoms with Crippen LogP contribution >= 0.6 is 0 Å². The van der Waals surface area contributed by atoms with Crippen molar-refractivity contribution >= 4 is 42.4 Å². The minimum absolute atomic E-state index is 0.0222. The van der Waals surface area contributed by atoms with Crippen LogP contribution in [-0.2, 0) is 61.9 Å². The van der Waals surface area contributed by atoms with Gasteiger partial charge < -0.3 is 38.1 Å². The number of hydrogen-bond donors (Lipinski definition) is 0. The van der Waals surface area contributed by atoms with Crippen molar-refractivity contribution in [3.63, 3.8) is 0 Å². The van der Waals surface area contributed by atoms with Gasteiger partial charge in [0.2, 0.25) is 0 Å². The lowest BCUT2D eigenvalue weighted by atomic mass is 10.1. The number of nitrogens with zero attached hydrogens (tertiary/aromatic N) is 1. The highest BCUT2D eigenvalue weighted by Gasteiger charge is 2.24. The van der Waals surface area contributed by atoms with Gasteiger partial charge in [-0.3, -0.25) is 28.8 Å². The van der Waals surface area contributed by atoms with Crippen molar-refractivity contribution in [1.82, 2.24) is 4.90 Å². The lowest BCUT2D eigenvalue weighted by molar-refractivity contribution is -0.155. The Kier molecular flexibility index (Phi) is 58.5. The quantitative estimate of drug-likeness (QED) is 0.0242. The molecule has 0 fully saturated rings. The van der Waals surface area contributed by atoms with Crippen LogP contribution in [0.25, 0.3) is 0 Å². The first-order valence-corrected chi connectivity index (χ1v) is 31.0. The van der Waals surface area contributed by atoms with E-state index in [1.54, 1.807) is 20.8 Å². The number of amides is 1. The van der Waals surface area contributed by atoms with Crippen LogP contribution in [0.5, 0.6) is 0 Å². The van der Waals surface area contributed by atoms with Crippen LogP contribution in [0.15, 0.2) is 0 Å². The van der Waals surface area contributed by atoms with Crippen molar-refractivity contribution in [3.8, 4) is 0 Å². The topological polar surface area (TPSA) is 187 Å². The molecule has 0 N–H and O–H groups in total. The molecule has 0 saturated carbocycles. The molecular formula is C62H117NO14. The largest absolute Gasteiger partial charge is 0.466 e. The van der Waals surface area contributed by atoms with Crippen LogP contribution in [0.4, 0.5) is 4.79 Å². The summed E-state index contributed by atoms with van der Waals surface area (Å²) in [6, 6.07) is 0. The van der Waals surface area contributed by atoms with E-state index in [0.29, 0.717) is 38.9 Å². The average molecular weight is 1100 g/mol. The first kappa shape index (κ1) is 77.3. The molecule has 15 nitrogen and oxygen atoms in total. The van der Waals surface area contributed by atoms with E-state index in [1.165, 1.54) is 120 Å². The number of rotatable bonds is 50. The van der Waals surface area contributed by atoms with Gasteiger partial charge in [-0.25, -0.2) is 4.79 Å². The average Bonchev–Trinajstić information content (AvgIpc) is 3.40. The molecule has 0 bridgehead atoms. The number of esters is 5. The Bertz CT molecular complexity index is 1330. The fraction of sp³-hybridized carbons (Fsp3) is 0.887. The number of unbranched alkanes of at least 4 members (excludes halogenated alkanes) is 24. The fourth-order valence-electron chi connectivity index (χ4n) is 7.88. The zero-order chi connectivity index (χ0) is 58.1. The molecule has 0 saturated heterocycles. The molecule has 0 radical (unpaired) electrons. The highest BCUT2D eigenvalue weighted by molar-refractivity contribution is 5.72. The molecule has 0 rings (SSSR count). The Morgan fingerprint density at radius 3 is 1.00 bits per heavy atom. The van der Waals surface area contributed by atoms with E-state index in [-0.39, 0.29) is 82.2 Å². The van der Waals surface area contributed by atoms with Gasteiger partial charge >= 0.3 is 35.9 Å². The maximum atomic E-state index is 12.7. The summed E-state index contributed by atoms with van der Waals surface area (Å²) < 4.78 is 37.1. The van der Waals surface area contributed by atoms with Crippen LogP contribution in [0.1, 0.15) is 288 Å². The molecule has 454 valence electrons. The first-order valence-electron chi connectivity index (χ1n) is 31.0. The third kappa shape index (κ3) is 58.1. The number of carbonyl (C=O) groups excluding carboxylic acids is 7. The van der Waals surface area contributed by atoms with Crippen molar-refractivity contribution in [2.75, 3.05) is 52.7 Å². The normalized spacial score (nSPS) is 10.9. The van der Waals surface area contributed by atoms with E-state index < -0.39 is 23.6 Å². The molecule has 0 aromatic heterocycles. The summed E-state index contributed by atoms with van der Waals surface area (Å²) in [5, 5.41) is 0. The fourth-order valence-corrected chi connectivity index (χ4v) is 7.88. The molecule has 0 atom stereocenters. The van der Waals surface area contributed by atoms with Gasteiger partial charge in [-0.05, 0) is 52.9 Å². The highest BCUT2D eigenvalue weighted by Crippen LogP contribution is 2.16. The van der Waals surface area contributed by atoms with Crippen molar-refractivity contribution < 1.29 is 66.7 Å². The number of carbonyl (C=O) groups is 7. The van der Waals surface area contributed by atoms with Crippen molar-refractivity contribution in [1.29, 1.82) is 0 Å². The first-order chi connectivity index (χ1) is 37.2. The standard InChI is InChI=1S/C35H63NO10.C25H48O4.C2H6/c1-6-8-10-12-14-16-18-20-31(38)44-27-30(28-45-32(39)21-19-17-15-13-11-9-7-2)26-33(40)43-25-23-36(22-24-42-29-37)34(41)46-35(3,4)5;1-4-7-9-11-13-15-17-19-24(26)28-21-23(6-3)22-29-25(27)20-18-16-14-12-10-8-5-2;1-2/h29-30H,6-28H2,1-5H3;23H,4-22H2,1-3H3;1-2H3. The molecule has 0 heterocycles. The summed E-state index contributed by atoms with van der Waals surface area (Å²) in [4.78, 5) is 85.5. The third-order valence-corrected chi connectivity index (χ3v) is 12.7. The van der Waals surface area contributed by atoms with E-state index in [4.69, 9.17) is 33.2 Å². The summed E-state index contributed by atoms with van der Waals surface area (Å²) in [6.45, 7) is 20.8. The minimum atomic E-state index is -0.733. The van der Waals surface area contributed by atoms with E-state index in [1.807, 2.05) is 20.8 Å². The van der Waals surface area contributed by atoms with Crippen LogP contribution in [0, 0.1) is 11.8 Å². The Morgan fingerprint density at radius 2 is 0.701 bits per heavy atom. The van der Waals surface area contributed by atoms with Crippen molar-refractivity contribution in [3.05, 3.63) is 0 Å². The number of ether oxygens (including phenoxy) is 7. The van der Waals surface area contributed by atoms with Crippen LogP contribution in [-0.4, -0.2) is 106 Å². The van der Waals surface area contributed by atoms with Gasteiger partial charge in [0.1, 0.15) is 18.8 Å². The Hall–Kier alpha value is -3.91. The highest BCUT2D eigenvalue weighted by atomic mass is 16.6. The molecule has 0 aromatic rings. The molecule has 0 unspecified atom stereocenters. The summed E-state index contributed by atoms with van der Waals surface area (Å²) in [5.74, 6) is -1.96. The van der Waals surface area contributed by atoms with Gasteiger partial charge in [0.15, 0.2) is 0 Å². The summed E-state index contributed by atoms with van der Waals surface area (Å²) in [6.07, 6.45) is 33.6. The molecule has 0 aliphatic carbocycles. The van der Waals surface area contributed by atoms with Crippen LogP contribution in [0.3, 0.4) is 0 Å². The van der Waals surface area contributed by atoms with E-state index in [0.717, 1.165) is 70.6 Å². The number of hydrogen-bond acceptors (Lipinski definition) is 14. The molecule has 0 aromatic carbocycles. The molecule has 0 spiro atoms. The van der Waals surface area contributed by atoms with Gasteiger partial charge in [-0.1, -0.05) is 203 Å². The molecular weight excluding hydrogens is 983 g/mol. The SMILES string of the molecule is CC.CCCCCCCCCC(=O)OCC(CC)COC(=O)CCCCCCCCC.CCCCCCCCCC(=O)OCC(COC(=O)CCCCCCCCC)CC(=O)OCCN(CCOC=O)C(=O)OC(C)(C)C. The summed E-state index contributed by atoms with van der Waals surface area (Å²) in [5.41, 5.74) is -0.733. The predicted molar refractivity (Wildman–Crippen MR) is 308 cm³/mol. The third-order valence-electron chi connectivity index (χ3n) is 12.7. The smallest absolute Gasteiger partial charge is 0.410 e. The minimum Gasteiger partial charge on any atom is -0.466 e. The van der Waals surface area contributed by atoms with Gasteiger partial charge in [-0.15, -0.1) is 0 Å². The molecule has 0 aliphatic rings. The second-order valence-electron chi connectivity index (χ2n) is 21.2. The molecule has 0 aliphatic heterocycles. The van der Waals surface area contributed by atoms with Crippen LogP contribution in [0.2, 0.25) is 0 Å². The second kappa shape index (κ2) is 58.2. The lowest BCUT2D eigenvalue weighted by Gasteiger charge is -2.27. The van der Waals surface area contributed by atoms with E-state index in [2.05, 4.69) is 27.7 Å². The van der Waals surface area contributed by atoms with E-state index in [9.17, 15) is 33.6 Å². The molecule has 1 amide bonds. The van der Waals surface area contributed by atoms with Crippen molar-refractivity contribution in [2.24, 2.45) is 11.8 Å². The van der Waals surface area contributed by atoms with Gasteiger partial charge in [0.05, 0.1) is 45.9 Å². The van der Waals surface area contributed by atoms with Gasteiger partial charge in [-0.2, -0.15) is 0 Å². The zero-order valence-electron chi connectivity index (χ0n) is 51.1. The van der Waals surface area contributed by atoms with E-state index >= 15 is 0 Å². The summed E-state index contributed by atoms with van der Waals surface area (Å²) in [7, 11) is 0. The predicted octanol–water partition coefficient (Wildman–Crippen LogP) is 15.7. The maximum absolute atomic E-state index is 12.7. The van der Waals surface area contributed by atoms with Gasteiger partial charge in [0, 0.05) is 37.5 Å². The second-order valence-corrected chi connectivity index (χ2v) is 21.2. The maximum Gasteiger partial charge on any atom is 0.410 e. The Labute approximate surface area is 470 Å². The Morgan fingerprint density at radius 1 is 0.403 bits per heavy atom. The lowest BCUT2D eigenvalue weighted by Crippen LogP contribution is -2.40. The van der Waals surface area contributed by atoms with Gasteiger partial charge in [0.25, 0.3) is 6.47 Å². The zero-order valence-corrected chi connectivity index (χ0v) is 51.1. The molecule has 77 heavy (non-hydrogen) atoms. The monoisotopic (exact) mass is 1100 g/mol. The molecule has 15 heteroatoms. The van der Waals surface area contributed by atoms with Crippen molar-refractivity contribution in [2.45, 2.75) is 293 Å². The van der Waals surface area contributed by atoms with Crippen LogP contribution < -0.4 is 0 Å². The Balaban J connectivity index is -0.00000152. The summed E-state index contributed by atoms with van der Waals surface area (Å²) >= 11 is 0.